The normalized spacial score (nSPS) is 18.0. The maximum atomic E-state index is 12.5. The van der Waals surface area contributed by atoms with E-state index in [9.17, 15) is 4.79 Å². The van der Waals surface area contributed by atoms with E-state index in [0.717, 1.165) is 30.8 Å². The summed E-state index contributed by atoms with van der Waals surface area (Å²) in [5.74, 6) is 1.30. The standard InChI is InChI=1S/C19H27N5O2/c1-20-18(15-11-22-23(2)13-15)19(25)21-10-14-7-8-24(12-14)16-5-4-6-17(9-16)26-3/h4-6,9,11,13-14,18,20H,7-8,10,12H2,1-3H3,(H,21,25). The molecule has 0 aliphatic carbocycles. The molecule has 2 unspecified atom stereocenters. The van der Waals surface area contributed by atoms with Gasteiger partial charge in [-0.1, -0.05) is 6.07 Å². The maximum Gasteiger partial charge on any atom is 0.241 e. The van der Waals surface area contributed by atoms with Crippen LogP contribution in [0.4, 0.5) is 5.69 Å². The number of carbonyl (C=O) groups is 1. The van der Waals surface area contributed by atoms with Gasteiger partial charge in [-0.25, -0.2) is 0 Å². The predicted molar refractivity (Wildman–Crippen MR) is 101 cm³/mol. The lowest BCUT2D eigenvalue weighted by Crippen LogP contribution is -2.38. The SMILES string of the molecule is CNC(C(=O)NCC1CCN(c2cccc(OC)c2)C1)c1cnn(C)c1. The van der Waals surface area contributed by atoms with Crippen molar-refractivity contribution in [3.8, 4) is 5.75 Å². The molecule has 1 aromatic heterocycles. The third-order valence-electron chi connectivity index (χ3n) is 4.88. The summed E-state index contributed by atoms with van der Waals surface area (Å²) in [5.41, 5.74) is 2.04. The van der Waals surface area contributed by atoms with E-state index in [0.29, 0.717) is 12.5 Å². The number of likely N-dealkylation sites (N-methyl/N-ethyl adjacent to an activating group) is 1. The van der Waals surface area contributed by atoms with E-state index in [-0.39, 0.29) is 11.9 Å². The number of aromatic nitrogens is 2. The topological polar surface area (TPSA) is 71.4 Å². The smallest absolute Gasteiger partial charge is 0.241 e. The first-order valence-corrected chi connectivity index (χ1v) is 8.93. The minimum Gasteiger partial charge on any atom is -0.497 e. The number of hydrogen-bond donors (Lipinski definition) is 2. The molecule has 1 fully saturated rings. The van der Waals surface area contributed by atoms with E-state index in [1.54, 1.807) is 25.0 Å². The Morgan fingerprint density at radius 3 is 3.00 bits per heavy atom. The molecule has 7 heteroatoms. The third kappa shape index (κ3) is 4.16. The molecule has 1 aliphatic heterocycles. The van der Waals surface area contributed by atoms with E-state index in [1.165, 1.54) is 5.69 Å². The first-order chi connectivity index (χ1) is 12.6. The van der Waals surface area contributed by atoms with Crippen LogP contribution in [0.5, 0.6) is 5.75 Å². The molecular weight excluding hydrogens is 330 g/mol. The van der Waals surface area contributed by atoms with Crippen molar-refractivity contribution in [2.24, 2.45) is 13.0 Å². The second kappa shape index (κ2) is 8.23. The Morgan fingerprint density at radius 1 is 1.46 bits per heavy atom. The average molecular weight is 357 g/mol. The Labute approximate surface area is 154 Å². The summed E-state index contributed by atoms with van der Waals surface area (Å²) < 4.78 is 7.01. The van der Waals surface area contributed by atoms with Crippen LogP contribution in [0, 0.1) is 5.92 Å². The molecule has 2 atom stereocenters. The molecule has 26 heavy (non-hydrogen) atoms. The van der Waals surface area contributed by atoms with E-state index in [2.05, 4.69) is 32.8 Å². The summed E-state index contributed by atoms with van der Waals surface area (Å²) in [5, 5.41) is 10.3. The first kappa shape index (κ1) is 18.3. The number of rotatable bonds is 7. The minimum absolute atomic E-state index is 0.0136. The van der Waals surface area contributed by atoms with Crippen molar-refractivity contribution in [2.75, 3.05) is 38.7 Å². The highest BCUT2D eigenvalue weighted by molar-refractivity contribution is 5.83. The van der Waals surface area contributed by atoms with E-state index < -0.39 is 0 Å². The zero-order valence-corrected chi connectivity index (χ0v) is 15.6. The van der Waals surface area contributed by atoms with E-state index in [1.807, 2.05) is 25.4 Å². The van der Waals surface area contributed by atoms with Crippen LogP contribution >= 0.6 is 0 Å². The summed E-state index contributed by atoms with van der Waals surface area (Å²) in [6.45, 7) is 2.61. The van der Waals surface area contributed by atoms with Crippen molar-refractivity contribution in [1.82, 2.24) is 20.4 Å². The molecule has 0 spiro atoms. The second-order valence-electron chi connectivity index (χ2n) is 6.72. The van der Waals surface area contributed by atoms with Gasteiger partial charge in [-0.2, -0.15) is 5.10 Å². The van der Waals surface area contributed by atoms with Gasteiger partial charge in [0.25, 0.3) is 0 Å². The van der Waals surface area contributed by atoms with Gasteiger partial charge in [-0.15, -0.1) is 0 Å². The summed E-state index contributed by atoms with van der Waals surface area (Å²) in [6, 6.07) is 7.74. The molecule has 140 valence electrons. The van der Waals surface area contributed by atoms with Crippen LogP contribution < -0.4 is 20.3 Å². The molecule has 1 saturated heterocycles. The molecule has 0 saturated carbocycles. The quantitative estimate of drug-likeness (QED) is 0.782. The lowest BCUT2D eigenvalue weighted by atomic mass is 10.1. The fourth-order valence-electron chi connectivity index (χ4n) is 3.43. The van der Waals surface area contributed by atoms with Crippen molar-refractivity contribution in [1.29, 1.82) is 0 Å². The van der Waals surface area contributed by atoms with Crippen molar-refractivity contribution < 1.29 is 9.53 Å². The Bertz CT molecular complexity index is 745. The second-order valence-corrected chi connectivity index (χ2v) is 6.72. The van der Waals surface area contributed by atoms with Gasteiger partial charge in [0.05, 0.1) is 13.3 Å². The van der Waals surface area contributed by atoms with Crippen LogP contribution in [-0.2, 0) is 11.8 Å². The summed E-state index contributed by atoms with van der Waals surface area (Å²) in [7, 11) is 5.32. The molecule has 2 heterocycles. The van der Waals surface area contributed by atoms with Crippen molar-refractivity contribution in [3.63, 3.8) is 0 Å². The highest BCUT2D eigenvalue weighted by Crippen LogP contribution is 2.26. The Morgan fingerprint density at radius 2 is 2.31 bits per heavy atom. The van der Waals surface area contributed by atoms with Crippen LogP contribution in [0.15, 0.2) is 36.7 Å². The highest BCUT2D eigenvalue weighted by Gasteiger charge is 2.25. The number of aryl methyl sites for hydroxylation is 1. The van der Waals surface area contributed by atoms with Crippen molar-refractivity contribution in [3.05, 3.63) is 42.2 Å². The highest BCUT2D eigenvalue weighted by atomic mass is 16.5. The molecule has 2 N–H and O–H groups in total. The Kier molecular flexibility index (Phi) is 5.78. The van der Waals surface area contributed by atoms with E-state index >= 15 is 0 Å². The fraction of sp³-hybridized carbons (Fsp3) is 0.474. The van der Waals surface area contributed by atoms with Gasteiger partial charge in [-0.3, -0.25) is 9.48 Å². The Hall–Kier alpha value is -2.54. The largest absolute Gasteiger partial charge is 0.497 e. The minimum atomic E-state index is -0.375. The van der Waals surface area contributed by atoms with Gasteiger partial charge in [0.2, 0.25) is 5.91 Å². The number of nitrogens with one attached hydrogen (secondary N) is 2. The van der Waals surface area contributed by atoms with Crippen LogP contribution in [0.1, 0.15) is 18.0 Å². The lowest BCUT2D eigenvalue weighted by Gasteiger charge is -2.20. The van der Waals surface area contributed by atoms with E-state index in [4.69, 9.17) is 4.74 Å². The van der Waals surface area contributed by atoms with Gasteiger partial charge >= 0.3 is 0 Å². The Balaban J connectivity index is 1.53. The number of anilines is 1. The van der Waals surface area contributed by atoms with Gasteiger partial charge in [0.15, 0.2) is 0 Å². The van der Waals surface area contributed by atoms with Gasteiger partial charge in [0, 0.05) is 50.2 Å². The number of benzene rings is 1. The summed E-state index contributed by atoms with van der Waals surface area (Å²) in [4.78, 5) is 14.9. The zero-order valence-electron chi connectivity index (χ0n) is 15.6. The first-order valence-electron chi connectivity index (χ1n) is 8.93. The van der Waals surface area contributed by atoms with Crippen LogP contribution in [-0.4, -0.2) is 49.5 Å². The monoisotopic (exact) mass is 357 g/mol. The molecule has 0 radical (unpaired) electrons. The summed E-state index contributed by atoms with van der Waals surface area (Å²) >= 11 is 0. The molecule has 1 aliphatic rings. The predicted octanol–water partition coefficient (Wildman–Crippen LogP) is 1.33. The van der Waals surface area contributed by atoms with Crippen molar-refractivity contribution >= 4 is 11.6 Å². The summed E-state index contributed by atoms with van der Waals surface area (Å²) in [6.07, 6.45) is 4.65. The molecule has 7 nitrogen and oxygen atoms in total. The van der Waals surface area contributed by atoms with Crippen LogP contribution in [0.2, 0.25) is 0 Å². The number of nitrogens with zero attached hydrogens (tertiary/aromatic N) is 3. The third-order valence-corrected chi connectivity index (χ3v) is 4.88. The number of ether oxygens (including phenoxy) is 1. The van der Waals surface area contributed by atoms with Crippen molar-refractivity contribution in [2.45, 2.75) is 12.5 Å². The number of hydrogen-bond acceptors (Lipinski definition) is 5. The van der Waals surface area contributed by atoms with Gasteiger partial charge < -0.3 is 20.3 Å². The zero-order chi connectivity index (χ0) is 18.5. The molecule has 1 aromatic carbocycles. The van der Waals surface area contributed by atoms with Crippen LogP contribution in [0.25, 0.3) is 0 Å². The fourth-order valence-corrected chi connectivity index (χ4v) is 3.43. The van der Waals surface area contributed by atoms with Crippen LogP contribution in [0.3, 0.4) is 0 Å². The molecular formula is C19H27N5O2. The number of amides is 1. The average Bonchev–Trinajstić information content (AvgIpc) is 3.30. The molecule has 0 bridgehead atoms. The molecule has 3 rings (SSSR count). The molecule has 2 aromatic rings. The number of methoxy groups -OCH3 is 1. The maximum absolute atomic E-state index is 12.5. The van der Waals surface area contributed by atoms with Gasteiger partial charge in [-0.05, 0) is 31.5 Å². The van der Waals surface area contributed by atoms with Gasteiger partial charge in [0.1, 0.15) is 11.8 Å². The lowest BCUT2D eigenvalue weighted by molar-refractivity contribution is -0.123. The molecule has 1 amide bonds. The number of carbonyl (C=O) groups excluding carboxylic acids is 1.